The van der Waals surface area contributed by atoms with Crippen LogP contribution in [0.1, 0.15) is 38.6 Å². The number of nitrogens with one attached hydrogen (secondary N) is 3. The molecule has 9 nitrogen and oxygen atoms in total. The van der Waals surface area contributed by atoms with E-state index in [0.29, 0.717) is 23.6 Å². The Balaban J connectivity index is 1.72. The van der Waals surface area contributed by atoms with Gasteiger partial charge in [-0.25, -0.2) is 9.78 Å². The van der Waals surface area contributed by atoms with Crippen LogP contribution >= 0.6 is 0 Å². The third-order valence-corrected chi connectivity index (χ3v) is 3.20. The summed E-state index contributed by atoms with van der Waals surface area (Å²) in [6.07, 6.45) is 3.44. The third-order valence-electron chi connectivity index (χ3n) is 3.20. The maximum absolute atomic E-state index is 11.9. The fourth-order valence-corrected chi connectivity index (χ4v) is 1.88. The number of hydrogen-bond donors (Lipinski definition) is 3. The van der Waals surface area contributed by atoms with E-state index in [-0.39, 0.29) is 18.0 Å². The normalized spacial score (nSPS) is 16.0. The van der Waals surface area contributed by atoms with Crippen LogP contribution in [0.5, 0.6) is 0 Å². The Labute approximate surface area is 120 Å². The molecule has 0 aromatic carbocycles. The van der Waals surface area contributed by atoms with Gasteiger partial charge < -0.3 is 15.2 Å². The van der Waals surface area contributed by atoms with Crippen molar-refractivity contribution in [3.63, 3.8) is 0 Å². The van der Waals surface area contributed by atoms with E-state index in [4.69, 9.17) is 4.52 Å². The first-order chi connectivity index (χ1) is 10.1. The lowest BCUT2D eigenvalue weighted by atomic mass is 10.0. The number of carbonyl (C=O) groups excluding carboxylic acids is 1. The molecule has 2 amide bonds. The summed E-state index contributed by atoms with van der Waals surface area (Å²) in [5.41, 5.74) is 0. The van der Waals surface area contributed by atoms with Crippen LogP contribution in [0.2, 0.25) is 0 Å². The number of aromatic amines is 1. The quantitative estimate of drug-likeness (QED) is 0.756. The highest BCUT2D eigenvalue weighted by atomic mass is 16.5. The van der Waals surface area contributed by atoms with E-state index in [1.807, 2.05) is 13.8 Å². The van der Waals surface area contributed by atoms with Gasteiger partial charge in [0.2, 0.25) is 11.7 Å². The van der Waals surface area contributed by atoms with E-state index in [9.17, 15) is 4.79 Å². The lowest BCUT2D eigenvalue weighted by Gasteiger charge is -2.18. The summed E-state index contributed by atoms with van der Waals surface area (Å²) in [4.78, 5) is 20.1. The van der Waals surface area contributed by atoms with Gasteiger partial charge in [-0.3, -0.25) is 5.10 Å². The fraction of sp³-hybridized carbons (Fsp3) is 0.583. The van der Waals surface area contributed by atoms with E-state index in [1.54, 1.807) is 0 Å². The summed E-state index contributed by atoms with van der Waals surface area (Å²) in [6, 6.07) is -0.270. The average molecular weight is 291 g/mol. The van der Waals surface area contributed by atoms with Crippen molar-refractivity contribution < 1.29 is 9.32 Å². The Kier molecular flexibility index (Phi) is 3.55. The minimum Gasteiger partial charge on any atom is -0.337 e. The molecule has 0 spiro atoms. The third kappa shape index (κ3) is 3.18. The monoisotopic (exact) mass is 291 g/mol. The van der Waals surface area contributed by atoms with Crippen molar-refractivity contribution >= 4 is 6.03 Å². The Morgan fingerprint density at radius 3 is 2.90 bits per heavy atom. The molecule has 1 atom stereocenters. The van der Waals surface area contributed by atoms with Crippen LogP contribution < -0.4 is 10.6 Å². The highest BCUT2D eigenvalue weighted by Crippen LogP contribution is 2.23. The van der Waals surface area contributed by atoms with Gasteiger partial charge in [0.25, 0.3) is 0 Å². The second-order valence-electron chi connectivity index (χ2n) is 5.40. The largest absolute Gasteiger partial charge is 0.337 e. The predicted octanol–water partition coefficient (Wildman–Crippen LogP) is 1.01. The second-order valence-corrected chi connectivity index (χ2v) is 5.40. The summed E-state index contributed by atoms with van der Waals surface area (Å²) in [7, 11) is 0. The molecule has 2 aromatic rings. The molecule has 2 heterocycles. The van der Waals surface area contributed by atoms with Crippen molar-refractivity contribution in [2.45, 2.75) is 38.8 Å². The number of aromatic nitrogens is 5. The van der Waals surface area contributed by atoms with Crippen LogP contribution in [0, 0.1) is 5.92 Å². The predicted molar refractivity (Wildman–Crippen MR) is 71.9 cm³/mol. The van der Waals surface area contributed by atoms with Crippen molar-refractivity contribution in [1.29, 1.82) is 0 Å². The van der Waals surface area contributed by atoms with Gasteiger partial charge >= 0.3 is 6.03 Å². The minimum atomic E-state index is -0.354. The highest BCUT2D eigenvalue weighted by Gasteiger charge is 2.28. The molecule has 0 radical (unpaired) electrons. The summed E-state index contributed by atoms with van der Waals surface area (Å²) in [5, 5.41) is 16.0. The van der Waals surface area contributed by atoms with Crippen LogP contribution in [-0.4, -0.2) is 37.4 Å². The molecule has 0 saturated heterocycles. The topological polar surface area (TPSA) is 122 Å². The van der Waals surface area contributed by atoms with Gasteiger partial charge in [-0.15, -0.1) is 0 Å². The summed E-state index contributed by atoms with van der Waals surface area (Å²) < 4.78 is 5.24. The van der Waals surface area contributed by atoms with Crippen molar-refractivity contribution in [3.05, 3.63) is 12.2 Å². The van der Waals surface area contributed by atoms with Crippen LogP contribution in [0.15, 0.2) is 10.9 Å². The van der Waals surface area contributed by atoms with Gasteiger partial charge in [0.15, 0.2) is 5.82 Å². The Hall–Kier alpha value is -2.45. The second kappa shape index (κ2) is 5.51. The zero-order valence-electron chi connectivity index (χ0n) is 11.8. The molecule has 9 heteroatoms. The zero-order valence-corrected chi connectivity index (χ0v) is 11.8. The Morgan fingerprint density at radius 1 is 1.48 bits per heavy atom. The number of nitrogens with zero attached hydrogens (tertiary/aromatic N) is 4. The molecule has 0 bridgehead atoms. The first-order valence-corrected chi connectivity index (χ1v) is 6.90. The fourth-order valence-electron chi connectivity index (χ4n) is 1.88. The number of rotatable bonds is 5. The Morgan fingerprint density at radius 2 is 2.29 bits per heavy atom. The number of amides is 2. The molecule has 1 aliphatic carbocycles. The maximum atomic E-state index is 11.9. The van der Waals surface area contributed by atoms with E-state index in [1.165, 1.54) is 6.33 Å². The van der Waals surface area contributed by atoms with Gasteiger partial charge in [-0.2, -0.15) is 10.1 Å². The first-order valence-electron chi connectivity index (χ1n) is 6.90. The van der Waals surface area contributed by atoms with Crippen molar-refractivity contribution in [2.24, 2.45) is 5.92 Å². The van der Waals surface area contributed by atoms with Crippen LogP contribution in [0.4, 0.5) is 4.79 Å². The molecule has 21 heavy (non-hydrogen) atoms. The SMILES string of the molecule is CC(C)C(NC(=O)NC1CC1)c1nc(-c2ncn[nH]2)no1. The van der Waals surface area contributed by atoms with Crippen LogP contribution in [0.25, 0.3) is 11.6 Å². The maximum Gasteiger partial charge on any atom is 0.315 e. The van der Waals surface area contributed by atoms with E-state index in [0.717, 1.165) is 12.8 Å². The van der Waals surface area contributed by atoms with Gasteiger partial charge in [-0.1, -0.05) is 19.0 Å². The molecule has 1 fully saturated rings. The van der Waals surface area contributed by atoms with Crippen LogP contribution in [0.3, 0.4) is 0 Å². The molecule has 2 aromatic heterocycles. The average Bonchev–Trinajstić information content (AvgIpc) is 2.97. The lowest BCUT2D eigenvalue weighted by molar-refractivity contribution is 0.224. The minimum absolute atomic E-state index is 0.109. The summed E-state index contributed by atoms with van der Waals surface area (Å²) in [6.45, 7) is 3.95. The number of H-pyrrole nitrogens is 1. The van der Waals surface area contributed by atoms with Crippen molar-refractivity contribution in [2.75, 3.05) is 0 Å². The number of carbonyl (C=O) groups is 1. The zero-order chi connectivity index (χ0) is 14.8. The molecule has 1 aliphatic rings. The molecule has 1 unspecified atom stereocenters. The smallest absolute Gasteiger partial charge is 0.315 e. The van der Waals surface area contributed by atoms with Crippen LogP contribution in [-0.2, 0) is 0 Å². The van der Waals surface area contributed by atoms with Crippen molar-refractivity contribution in [3.8, 4) is 11.6 Å². The molecule has 0 aliphatic heterocycles. The van der Waals surface area contributed by atoms with Gasteiger partial charge in [0, 0.05) is 6.04 Å². The van der Waals surface area contributed by atoms with E-state index >= 15 is 0 Å². The lowest BCUT2D eigenvalue weighted by Crippen LogP contribution is -2.40. The summed E-state index contributed by atoms with van der Waals surface area (Å²) in [5.74, 6) is 1.20. The van der Waals surface area contributed by atoms with Crippen molar-refractivity contribution in [1.82, 2.24) is 36.0 Å². The number of urea groups is 1. The number of hydrogen-bond acceptors (Lipinski definition) is 6. The van der Waals surface area contributed by atoms with Gasteiger partial charge in [-0.05, 0) is 18.8 Å². The molecule has 112 valence electrons. The molecule has 3 rings (SSSR count). The molecule has 1 saturated carbocycles. The summed E-state index contributed by atoms with van der Waals surface area (Å²) >= 11 is 0. The first kappa shape index (κ1) is 13.5. The highest BCUT2D eigenvalue weighted by molar-refractivity contribution is 5.75. The Bertz CT molecular complexity index is 603. The van der Waals surface area contributed by atoms with E-state index < -0.39 is 0 Å². The standard InChI is InChI=1S/C12H17N7O2/c1-6(2)8(16-12(20)15-7-3-4-7)11-17-10(19-21-11)9-13-5-14-18-9/h5-8H,3-4H2,1-2H3,(H,13,14,18)(H2,15,16,20). The molecule has 3 N–H and O–H groups in total. The van der Waals surface area contributed by atoms with E-state index in [2.05, 4.69) is 36.0 Å². The molecular weight excluding hydrogens is 274 g/mol. The molecular formula is C12H17N7O2. The van der Waals surface area contributed by atoms with Gasteiger partial charge in [0.1, 0.15) is 12.4 Å². The van der Waals surface area contributed by atoms with Gasteiger partial charge in [0.05, 0.1) is 0 Å².